The first-order valence-corrected chi connectivity index (χ1v) is 9.37. The lowest BCUT2D eigenvalue weighted by atomic mass is 10.0. The molecule has 28 heavy (non-hydrogen) atoms. The Labute approximate surface area is 165 Å². The highest BCUT2D eigenvalue weighted by Crippen LogP contribution is 2.21. The van der Waals surface area contributed by atoms with Gasteiger partial charge in [-0.2, -0.15) is 0 Å². The van der Waals surface area contributed by atoms with E-state index < -0.39 is 6.04 Å². The molecular weight excluding hydrogens is 356 g/mol. The number of aromatic nitrogens is 1. The van der Waals surface area contributed by atoms with Gasteiger partial charge in [0.15, 0.2) is 0 Å². The quantitative estimate of drug-likeness (QED) is 0.756. The lowest BCUT2D eigenvalue weighted by Crippen LogP contribution is -2.56. The zero-order valence-electron chi connectivity index (χ0n) is 16.3. The maximum absolute atomic E-state index is 12.4. The Kier molecular flexibility index (Phi) is 6.60. The van der Waals surface area contributed by atoms with Gasteiger partial charge in [0.2, 0.25) is 11.8 Å². The molecule has 0 bridgehead atoms. The molecular formula is C21H26N4O3. The zero-order chi connectivity index (χ0) is 19.9. The Morgan fingerprint density at radius 2 is 2.21 bits per heavy atom. The SMILES string of the molecule is COc1ccc(CN2CCNC(=O)[C@H]2CC(=O)NCc2cccnc2)cc1C. The highest BCUT2D eigenvalue weighted by Gasteiger charge is 2.31. The number of hydrogen-bond acceptors (Lipinski definition) is 5. The van der Waals surface area contributed by atoms with E-state index in [-0.39, 0.29) is 18.2 Å². The number of carbonyl (C=O) groups is 2. The van der Waals surface area contributed by atoms with Gasteiger partial charge in [0, 0.05) is 38.6 Å². The number of piperazine rings is 1. The normalized spacial score (nSPS) is 17.1. The van der Waals surface area contributed by atoms with Crippen LogP contribution in [0.25, 0.3) is 0 Å². The maximum Gasteiger partial charge on any atom is 0.237 e. The fraction of sp³-hybridized carbons (Fsp3) is 0.381. The van der Waals surface area contributed by atoms with Gasteiger partial charge in [-0.05, 0) is 35.7 Å². The summed E-state index contributed by atoms with van der Waals surface area (Å²) in [4.78, 5) is 30.9. The summed E-state index contributed by atoms with van der Waals surface area (Å²) in [7, 11) is 1.65. The molecule has 2 heterocycles. The molecule has 2 N–H and O–H groups in total. The Bertz CT molecular complexity index is 826. The van der Waals surface area contributed by atoms with E-state index in [4.69, 9.17) is 4.74 Å². The summed E-state index contributed by atoms with van der Waals surface area (Å²) in [5.41, 5.74) is 3.07. The van der Waals surface area contributed by atoms with Crippen molar-refractivity contribution in [1.82, 2.24) is 20.5 Å². The molecule has 0 saturated carbocycles. The van der Waals surface area contributed by atoms with Gasteiger partial charge >= 0.3 is 0 Å². The van der Waals surface area contributed by atoms with Crippen molar-refractivity contribution in [3.63, 3.8) is 0 Å². The molecule has 7 heteroatoms. The van der Waals surface area contributed by atoms with Crippen LogP contribution < -0.4 is 15.4 Å². The molecule has 1 aromatic heterocycles. The number of carbonyl (C=O) groups excluding carboxylic acids is 2. The summed E-state index contributed by atoms with van der Waals surface area (Å²) >= 11 is 0. The largest absolute Gasteiger partial charge is 0.496 e. The second-order valence-electron chi connectivity index (χ2n) is 6.92. The van der Waals surface area contributed by atoms with Crippen molar-refractivity contribution >= 4 is 11.8 Å². The second-order valence-corrected chi connectivity index (χ2v) is 6.92. The van der Waals surface area contributed by atoms with Crippen molar-refractivity contribution < 1.29 is 14.3 Å². The van der Waals surface area contributed by atoms with Gasteiger partial charge in [0.1, 0.15) is 5.75 Å². The number of methoxy groups -OCH3 is 1. The number of benzene rings is 1. The predicted molar refractivity (Wildman–Crippen MR) is 106 cm³/mol. The van der Waals surface area contributed by atoms with E-state index in [0.29, 0.717) is 26.2 Å². The van der Waals surface area contributed by atoms with Crippen LogP contribution in [0.15, 0.2) is 42.7 Å². The van der Waals surface area contributed by atoms with Crippen LogP contribution >= 0.6 is 0 Å². The summed E-state index contributed by atoms with van der Waals surface area (Å²) in [5.74, 6) is 0.585. The van der Waals surface area contributed by atoms with E-state index in [2.05, 4.69) is 26.6 Å². The third kappa shape index (κ3) is 5.07. The number of amides is 2. The fourth-order valence-electron chi connectivity index (χ4n) is 3.40. The highest BCUT2D eigenvalue weighted by atomic mass is 16.5. The zero-order valence-corrected chi connectivity index (χ0v) is 16.3. The molecule has 2 aromatic rings. The van der Waals surface area contributed by atoms with Gasteiger partial charge in [-0.15, -0.1) is 0 Å². The molecule has 0 spiro atoms. The molecule has 148 valence electrons. The summed E-state index contributed by atoms with van der Waals surface area (Å²) in [6, 6.07) is 9.24. The Balaban J connectivity index is 1.62. The topological polar surface area (TPSA) is 83.6 Å². The minimum Gasteiger partial charge on any atom is -0.496 e. The number of nitrogens with zero attached hydrogens (tertiary/aromatic N) is 2. The molecule has 1 fully saturated rings. The molecule has 0 aliphatic carbocycles. The number of nitrogens with one attached hydrogen (secondary N) is 2. The van der Waals surface area contributed by atoms with Gasteiger partial charge in [-0.3, -0.25) is 19.5 Å². The molecule has 2 amide bonds. The van der Waals surface area contributed by atoms with Crippen molar-refractivity contribution in [2.45, 2.75) is 32.5 Å². The van der Waals surface area contributed by atoms with E-state index in [0.717, 1.165) is 22.4 Å². The average Bonchev–Trinajstić information content (AvgIpc) is 2.70. The number of aryl methyl sites for hydroxylation is 1. The smallest absolute Gasteiger partial charge is 0.237 e. The van der Waals surface area contributed by atoms with Crippen LogP contribution in [0.4, 0.5) is 0 Å². The molecule has 1 aliphatic rings. The van der Waals surface area contributed by atoms with Gasteiger partial charge in [0.05, 0.1) is 19.6 Å². The van der Waals surface area contributed by atoms with Crippen LogP contribution in [0, 0.1) is 6.92 Å². The number of rotatable bonds is 7. The van der Waals surface area contributed by atoms with Crippen molar-refractivity contribution in [2.24, 2.45) is 0 Å². The Morgan fingerprint density at radius 1 is 1.36 bits per heavy atom. The lowest BCUT2D eigenvalue weighted by molar-refractivity contribution is -0.134. The van der Waals surface area contributed by atoms with Crippen LogP contribution in [-0.4, -0.2) is 47.9 Å². The van der Waals surface area contributed by atoms with Crippen LogP contribution in [0.3, 0.4) is 0 Å². The minimum atomic E-state index is -0.481. The summed E-state index contributed by atoms with van der Waals surface area (Å²) < 4.78 is 5.31. The van der Waals surface area contributed by atoms with Crippen LogP contribution in [0.2, 0.25) is 0 Å². The highest BCUT2D eigenvalue weighted by molar-refractivity contribution is 5.88. The molecule has 1 saturated heterocycles. The van der Waals surface area contributed by atoms with E-state index >= 15 is 0 Å². The van der Waals surface area contributed by atoms with Crippen LogP contribution in [-0.2, 0) is 22.7 Å². The summed E-state index contributed by atoms with van der Waals surface area (Å²) in [6.45, 7) is 4.30. The first kappa shape index (κ1) is 19.8. The molecule has 0 radical (unpaired) electrons. The van der Waals surface area contributed by atoms with Gasteiger partial charge in [-0.25, -0.2) is 0 Å². The monoisotopic (exact) mass is 382 g/mol. The van der Waals surface area contributed by atoms with Crippen molar-refractivity contribution in [3.8, 4) is 5.75 Å². The number of pyridine rings is 1. The molecule has 1 atom stereocenters. The molecule has 1 aromatic carbocycles. The van der Waals surface area contributed by atoms with E-state index in [1.807, 2.05) is 31.2 Å². The van der Waals surface area contributed by atoms with E-state index in [9.17, 15) is 9.59 Å². The van der Waals surface area contributed by atoms with Crippen LogP contribution in [0.1, 0.15) is 23.1 Å². The van der Waals surface area contributed by atoms with Crippen molar-refractivity contribution in [1.29, 1.82) is 0 Å². The fourth-order valence-corrected chi connectivity index (χ4v) is 3.40. The van der Waals surface area contributed by atoms with Crippen molar-refractivity contribution in [2.75, 3.05) is 20.2 Å². The minimum absolute atomic E-state index is 0.104. The average molecular weight is 382 g/mol. The van der Waals surface area contributed by atoms with E-state index in [1.54, 1.807) is 19.5 Å². The number of ether oxygens (including phenoxy) is 1. The first-order valence-electron chi connectivity index (χ1n) is 9.37. The maximum atomic E-state index is 12.4. The Hall–Kier alpha value is -2.93. The van der Waals surface area contributed by atoms with Crippen molar-refractivity contribution in [3.05, 3.63) is 59.4 Å². The predicted octanol–water partition coefficient (Wildman–Crippen LogP) is 1.41. The summed E-state index contributed by atoms with van der Waals surface area (Å²) in [5, 5.41) is 5.74. The molecule has 3 rings (SSSR count). The molecule has 7 nitrogen and oxygen atoms in total. The standard InChI is InChI=1S/C21H26N4O3/c1-15-10-16(5-6-19(15)28-2)14-25-9-8-23-21(27)18(25)11-20(26)24-13-17-4-3-7-22-12-17/h3-7,10,12,18H,8-9,11,13-14H2,1-2H3,(H,23,27)(H,24,26)/t18-/m1/s1. The Morgan fingerprint density at radius 3 is 2.93 bits per heavy atom. The first-order chi connectivity index (χ1) is 13.6. The third-order valence-electron chi connectivity index (χ3n) is 4.88. The third-order valence-corrected chi connectivity index (χ3v) is 4.88. The number of hydrogen-bond donors (Lipinski definition) is 2. The lowest BCUT2D eigenvalue weighted by Gasteiger charge is -2.34. The van der Waals surface area contributed by atoms with Gasteiger partial charge in [0.25, 0.3) is 0 Å². The molecule has 0 unspecified atom stereocenters. The van der Waals surface area contributed by atoms with Crippen LogP contribution in [0.5, 0.6) is 5.75 Å². The second kappa shape index (κ2) is 9.32. The molecule has 1 aliphatic heterocycles. The van der Waals surface area contributed by atoms with E-state index in [1.165, 1.54) is 0 Å². The summed E-state index contributed by atoms with van der Waals surface area (Å²) in [6.07, 6.45) is 3.53. The van der Waals surface area contributed by atoms with Gasteiger partial charge < -0.3 is 15.4 Å². The van der Waals surface area contributed by atoms with Gasteiger partial charge in [-0.1, -0.05) is 18.2 Å².